The highest BCUT2D eigenvalue weighted by Crippen LogP contribution is 2.06. The zero-order chi connectivity index (χ0) is 17.3. The lowest BCUT2D eigenvalue weighted by Crippen LogP contribution is -2.20. The van der Waals surface area contributed by atoms with Gasteiger partial charge < -0.3 is 0 Å². The molecule has 1 aromatic carbocycles. The highest BCUT2D eigenvalue weighted by molar-refractivity contribution is 5.17. The van der Waals surface area contributed by atoms with E-state index < -0.39 is 11.6 Å². The molecular weight excluding hydrogens is 270 g/mol. The van der Waals surface area contributed by atoms with Crippen molar-refractivity contribution in [3.8, 4) is 11.8 Å². The lowest BCUT2D eigenvalue weighted by Gasteiger charge is -1.99. The molecule has 2 nitrogen and oxygen atoms in total. The van der Waals surface area contributed by atoms with Crippen molar-refractivity contribution in [3.05, 3.63) is 35.4 Å². The largest absolute Gasteiger partial charge is 0.271 e. The fraction of sp³-hybridized carbons (Fsp3) is 0.529. The second-order valence-corrected chi connectivity index (χ2v) is 4.39. The van der Waals surface area contributed by atoms with Crippen LogP contribution in [0.5, 0.6) is 0 Å². The maximum absolute atomic E-state index is 12.4. The summed E-state index contributed by atoms with van der Waals surface area (Å²) in [5.41, 5.74) is 2.80. The topological polar surface area (TPSA) is 38.0 Å². The van der Waals surface area contributed by atoms with Gasteiger partial charge in [0.15, 0.2) is 0 Å². The molecule has 122 valence electrons. The Morgan fingerprint density at radius 1 is 1.00 bits per heavy atom. The number of hydrogen-bond acceptors (Lipinski definition) is 2. The fourth-order valence-corrected chi connectivity index (χ4v) is 0.831. The van der Waals surface area contributed by atoms with Gasteiger partial charge in [-0.15, -0.1) is 11.8 Å². The van der Waals surface area contributed by atoms with Gasteiger partial charge in [0.05, 0.1) is 0 Å². The molecule has 0 fully saturated rings. The van der Waals surface area contributed by atoms with Crippen molar-refractivity contribution in [3.63, 3.8) is 0 Å². The highest BCUT2D eigenvalue weighted by Gasteiger charge is 1.98. The van der Waals surface area contributed by atoms with Crippen molar-refractivity contribution in [1.82, 2.24) is 5.43 Å². The van der Waals surface area contributed by atoms with E-state index in [4.69, 9.17) is 5.84 Å². The average Bonchev–Trinajstić information content (AvgIpc) is 2.40. The minimum atomic E-state index is -0.588. The number of nitrogens with two attached hydrogens (primary N) is 1. The van der Waals surface area contributed by atoms with Gasteiger partial charge in [0.2, 0.25) is 0 Å². The van der Waals surface area contributed by atoms with Crippen LogP contribution in [0.3, 0.4) is 0 Å². The van der Waals surface area contributed by atoms with Gasteiger partial charge in [0, 0.05) is 12.6 Å². The summed E-state index contributed by atoms with van der Waals surface area (Å²) in [4.78, 5) is 0. The fourth-order valence-electron chi connectivity index (χ4n) is 0.831. The summed E-state index contributed by atoms with van der Waals surface area (Å²) >= 11 is 0. The summed E-state index contributed by atoms with van der Waals surface area (Å²) in [6.45, 7) is 14.4. The molecule has 0 amide bonds. The third-order valence-corrected chi connectivity index (χ3v) is 1.48. The second-order valence-electron chi connectivity index (χ2n) is 4.39. The van der Waals surface area contributed by atoms with Crippen LogP contribution in [0.2, 0.25) is 0 Å². The third-order valence-electron chi connectivity index (χ3n) is 1.48. The minimum absolute atomic E-state index is 0.259. The maximum atomic E-state index is 12.4. The Morgan fingerprint density at radius 3 is 1.57 bits per heavy atom. The smallest absolute Gasteiger partial charge is 0.126 e. The molecule has 3 N–H and O–H groups in total. The van der Waals surface area contributed by atoms with E-state index in [0.29, 0.717) is 5.56 Å². The first-order valence-corrected chi connectivity index (χ1v) is 7.09. The lowest BCUT2D eigenvalue weighted by atomic mass is 10.2. The summed E-state index contributed by atoms with van der Waals surface area (Å²) < 4.78 is 24.9. The Bertz CT molecular complexity index is 365. The Balaban J connectivity index is -0.000000271. The average molecular weight is 300 g/mol. The van der Waals surface area contributed by atoms with E-state index in [9.17, 15) is 8.78 Å². The number of hydrogen-bond donors (Lipinski definition) is 2. The van der Waals surface area contributed by atoms with Crippen LogP contribution in [0.15, 0.2) is 18.2 Å². The van der Waals surface area contributed by atoms with E-state index >= 15 is 0 Å². The molecule has 0 bridgehead atoms. The Kier molecular flexibility index (Phi) is 21.7. The SMILES string of the molecule is CC.CC#CC.CC(C)C.NNCc1cc(F)cc(F)c1. The van der Waals surface area contributed by atoms with E-state index in [-0.39, 0.29) is 6.54 Å². The third kappa shape index (κ3) is 24.0. The summed E-state index contributed by atoms with van der Waals surface area (Å²) in [5.74, 6) is 9.98. The van der Waals surface area contributed by atoms with Crippen LogP contribution in [0.25, 0.3) is 0 Å². The van der Waals surface area contributed by atoms with Crippen molar-refractivity contribution in [2.45, 2.75) is 55.0 Å². The van der Waals surface area contributed by atoms with Gasteiger partial charge in [-0.2, -0.15) is 0 Å². The van der Waals surface area contributed by atoms with Crippen molar-refractivity contribution < 1.29 is 8.78 Å². The first kappa shape index (κ1) is 24.6. The van der Waals surface area contributed by atoms with Crippen LogP contribution in [-0.4, -0.2) is 0 Å². The molecule has 0 saturated heterocycles. The van der Waals surface area contributed by atoms with E-state index in [1.807, 2.05) is 27.7 Å². The van der Waals surface area contributed by atoms with Crippen LogP contribution in [0.4, 0.5) is 8.78 Å². The normalized spacial score (nSPS) is 7.95. The lowest BCUT2D eigenvalue weighted by molar-refractivity contribution is 0.576. The Morgan fingerprint density at radius 2 is 1.33 bits per heavy atom. The number of halogens is 2. The maximum Gasteiger partial charge on any atom is 0.126 e. The van der Waals surface area contributed by atoms with Crippen LogP contribution < -0.4 is 11.3 Å². The zero-order valence-corrected chi connectivity index (χ0v) is 14.3. The monoisotopic (exact) mass is 300 g/mol. The van der Waals surface area contributed by atoms with E-state index in [0.717, 1.165) is 12.0 Å². The van der Waals surface area contributed by atoms with Gasteiger partial charge in [0.1, 0.15) is 11.6 Å². The van der Waals surface area contributed by atoms with Gasteiger partial charge in [0.25, 0.3) is 0 Å². The summed E-state index contributed by atoms with van der Waals surface area (Å²) in [6.07, 6.45) is 0. The summed E-state index contributed by atoms with van der Waals surface area (Å²) in [7, 11) is 0. The number of hydrazine groups is 1. The van der Waals surface area contributed by atoms with Gasteiger partial charge in [-0.3, -0.25) is 11.3 Å². The predicted molar refractivity (Wildman–Crippen MR) is 88.4 cm³/mol. The standard InChI is InChI=1S/C7H8F2N2.C4H10.C4H6.C2H6/c8-6-1-5(4-11-10)2-7(9)3-6;1-4(2)3;1-3-4-2;1-2/h1-3,11H,4,10H2;4H,1-3H3;1-2H3;1-2H3. The van der Waals surface area contributed by atoms with Crippen LogP contribution in [0, 0.1) is 29.4 Å². The molecule has 0 aliphatic carbocycles. The molecule has 0 aliphatic rings. The van der Waals surface area contributed by atoms with Gasteiger partial charge in [-0.1, -0.05) is 34.6 Å². The molecular formula is C17H30F2N2. The summed E-state index contributed by atoms with van der Waals surface area (Å²) in [5, 5.41) is 0. The van der Waals surface area contributed by atoms with Crippen LogP contribution >= 0.6 is 0 Å². The van der Waals surface area contributed by atoms with Gasteiger partial charge in [-0.05, 0) is 37.5 Å². The van der Waals surface area contributed by atoms with Crippen LogP contribution in [-0.2, 0) is 6.54 Å². The van der Waals surface area contributed by atoms with Crippen molar-refractivity contribution >= 4 is 0 Å². The molecule has 21 heavy (non-hydrogen) atoms. The molecule has 4 heteroatoms. The van der Waals surface area contributed by atoms with Crippen molar-refractivity contribution in [2.24, 2.45) is 11.8 Å². The first-order valence-electron chi connectivity index (χ1n) is 7.09. The molecule has 0 unspecified atom stereocenters. The quantitative estimate of drug-likeness (QED) is 0.474. The molecule has 0 atom stereocenters. The highest BCUT2D eigenvalue weighted by atomic mass is 19.1. The van der Waals surface area contributed by atoms with Crippen LogP contribution in [0.1, 0.15) is 54.0 Å². The molecule has 1 aromatic rings. The number of benzene rings is 1. The summed E-state index contributed by atoms with van der Waals surface area (Å²) in [6, 6.07) is 3.27. The van der Waals surface area contributed by atoms with Gasteiger partial charge in [-0.25, -0.2) is 8.78 Å². The Labute approximate surface area is 129 Å². The molecule has 0 spiro atoms. The van der Waals surface area contributed by atoms with E-state index in [1.54, 1.807) is 0 Å². The van der Waals surface area contributed by atoms with E-state index in [2.05, 4.69) is 38.0 Å². The molecule has 0 saturated carbocycles. The van der Waals surface area contributed by atoms with Crippen molar-refractivity contribution in [2.75, 3.05) is 0 Å². The number of rotatable bonds is 2. The second kappa shape index (κ2) is 18.6. The first-order chi connectivity index (χ1) is 9.87. The predicted octanol–water partition coefficient (Wildman–Crippen LogP) is 4.65. The molecule has 1 rings (SSSR count). The molecule has 0 aromatic heterocycles. The van der Waals surface area contributed by atoms with E-state index in [1.165, 1.54) is 12.1 Å². The van der Waals surface area contributed by atoms with Crippen molar-refractivity contribution in [1.29, 1.82) is 0 Å². The molecule has 0 radical (unpaired) electrons. The van der Waals surface area contributed by atoms with Gasteiger partial charge >= 0.3 is 0 Å². The Hall–Kier alpha value is -1.44. The minimum Gasteiger partial charge on any atom is -0.271 e. The molecule has 0 heterocycles. The molecule has 0 aliphatic heterocycles. The zero-order valence-electron chi connectivity index (χ0n) is 14.3. The number of nitrogens with one attached hydrogen (secondary N) is 1.